The average Bonchev–Trinajstić information content (AvgIpc) is 3.28. The van der Waals surface area contributed by atoms with Gasteiger partial charge in [-0.25, -0.2) is 0 Å². The van der Waals surface area contributed by atoms with Gasteiger partial charge in [0.05, 0.1) is 17.8 Å². The zero-order valence-corrected chi connectivity index (χ0v) is 11.3. The largest absolute Gasteiger partial charge is 0.390 e. The van der Waals surface area contributed by atoms with Crippen molar-refractivity contribution in [2.75, 3.05) is 11.4 Å². The third kappa shape index (κ3) is 2.43. The van der Waals surface area contributed by atoms with Crippen LogP contribution in [0.15, 0.2) is 30.3 Å². The molecule has 3 rings (SSSR count). The number of nitrogens with zero attached hydrogens (tertiary/aromatic N) is 2. The molecule has 100 valence electrons. The lowest BCUT2D eigenvalue weighted by molar-refractivity contribution is 0.277. The minimum absolute atomic E-state index is 0.00245. The number of pyridine rings is 1. The van der Waals surface area contributed by atoms with Crippen molar-refractivity contribution in [1.29, 1.82) is 0 Å². The molecule has 1 aliphatic carbocycles. The van der Waals surface area contributed by atoms with Crippen LogP contribution in [0, 0.1) is 0 Å². The van der Waals surface area contributed by atoms with E-state index in [-0.39, 0.29) is 6.61 Å². The van der Waals surface area contributed by atoms with Gasteiger partial charge in [-0.15, -0.1) is 0 Å². The van der Waals surface area contributed by atoms with Gasteiger partial charge in [-0.05, 0) is 31.4 Å². The molecule has 1 aromatic carbocycles. The average molecular weight is 256 g/mol. The second-order valence-corrected chi connectivity index (χ2v) is 5.23. The normalized spacial score (nSPS) is 14.8. The van der Waals surface area contributed by atoms with Crippen LogP contribution in [-0.4, -0.2) is 22.7 Å². The lowest BCUT2D eigenvalue weighted by Crippen LogP contribution is -2.26. The van der Waals surface area contributed by atoms with E-state index in [1.807, 2.05) is 12.1 Å². The highest BCUT2D eigenvalue weighted by atomic mass is 16.3. The Morgan fingerprint density at radius 1 is 1.32 bits per heavy atom. The number of fused-ring (bicyclic) bond motifs is 1. The van der Waals surface area contributed by atoms with Crippen LogP contribution in [0.3, 0.4) is 0 Å². The number of aliphatic hydroxyl groups is 1. The SMILES string of the molecule is CCCN(c1cc(CO)nc2ccccc12)C1CC1. The summed E-state index contributed by atoms with van der Waals surface area (Å²) in [7, 11) is 0. The van der Waals surface area contributed by atoms with Gasteiger partial charge in [0.25, 0.3) is 0 Å². The second kappa shape index (κ2) is 5.17. The van der Waals surface area contributed by atoms with E-state index in [0.29, 0.717) is 6.04 Å². The Balaban J connectivity index is 2.13. The summed E-state index contributed by atoms with van der Waals surface area (Å²) < 4.78 is 0. The molecule has 3 nitrogen and oxygen atoms in total. The zero-order chi connectivity index (χ0) is 13.2. The smallest absolute Gasteiger partial charge is 0.0854 e. The van der Waals surface area contributed by atoms with Crippen molar-refractivity contribution in [3.8, 4) is 0 Å². The van der Waals surface area contributed by atoms with Gasteiger partial charge in [0.15, 0.2) is 0 Å². The summed E-state index contributed by atoms with van der Waals surface area (Å²) in [4.78, 5) is 6.99. The van der Waals surface area contributed by atoms with Crippen molar-refractivity contribution in [2.24, 2.45) is 0 Å². The zero-order valence-electron chi connectivity index (χ0n) is 11.3. The molecule has 1 aliphatic rings. The van der Waals surface area contributed by atoms with E-state index in [1.54, 1.807) is 0 Å². The number of hydrogen-bond acceptors (Lipinski definition) is 3. The number of benzene rings is 1. The third-order valence-corrected chi connectivity index (χ3v) is 3.67. The van der Waals surface area contributed by atoms with Crippen molar-refractivity contribution in [3.05, 3.63) is 36.0 Å². The first-order valence-electron chi connectivity index (χ1n) is 7.09. The first-order valence-corrected chi connectivity index (χ1v) is 7.09. The van der Waals surface area contributed by atoms with E-state index in [1.165, 1.54) is 23.9 Å². The standard InChI is InChI=1S/C16H20N2O/c1-2-9-18(13-7-8-13)16-10-12(11-19)17-15-6-4-3-5-14(15)16/h3-6,10,13,19H,2,7-9,11H2,1H3. The van der Waals surface area contributed by atoms with Gasteiger partial charge in [-0.3, -0.25) is 4.98 Å². The topological polar surface area (TPSA) is 36.4 Å². The van der Waals surface area contributed by atoms with E-state index in [9.17, 15) is 5.11 Å². The van der Waals surface area contributed by atoms with Gasteiger partial charge in [-0.2, -0.15) is 0 Å². The molecule has 0 radical (unpaired) electrons. The molecular weight excluding hydrogens is 236 g/mol. The fourth-order valence-electron chi connectivity index (χ4n) is 2.66. The van der Waals surface area contributed by atoms with E-state index < -0.39 is 0 Å². The molecule has 2 aromatic rings. The number of aliphatic hydroxyl groups excluding tert-OH is 1. The van der Waals surface area contributed by atoms with Gasteiger partial charge >= 0.3 is 0 Å². The molecule has 0 saturated heterocycles. The molecule has 0 spiro atoms. The molecule has 0 aliphatic heterocycles. The van der Waals surface area contributed by atoms with Crippen LogP contribution in [0.5, 0.6) is 0 Å². The Kier molecular flexibility index (Phi) is 3.38. The van der Waals surface area contributed by atoms with Gasteiger partial charge in [0, 0.05) is 23.7 Å². The third-order valence-electron chi connectivity index (χ3n) is 3.67. The van der Waals surface area contributed by atoms with Gasteiger partial charge < -0.3 is 10.0 Å². The molecule has 0 atom stereocenters. The Hall–Kier alpha value is -1.61. The molecule has 19 heavy (non-hydrogen) atoms. The summed E-state index contributed by atoms with van der Waals surface area (Å²) in [6.45, 7) is 3.29. The van der Waals surface area contributed by atoms with Crippen molar-refractivity contribution < 1.29 is 5.11 Å². The Bertz CT molecular complexity index is 578. The maximum Gasteiger partial charge on any atom is 0.0854 e. The van der Waals surface area contributed by atoms with Crippen LogP contribution >= 0.6 is 0 Å². The highest BCUT2D eigenvalue weighted by Gasteiger charge is 2.29. The van der Waals surface area contributed by atoms with E-state index >= 15 is 0 Å². The summed E-state index contributed by atoms with van der Waals surface area (Å²) >= 11 is 0. The quantitative estimate of drug-likeness (QED) is 0.893. The molecule has 1 aromatic heterocycles. The summed E-state index contributed by atoms with van der Waals surface area (Å²) in [6, 6.07) is 10.9. The van der Waals surface area contributed by atoms with E-state index in [0.717, 1.165) is 24.2 Å². The molecule has 0 unspecified atom stereocenters. The van der Waals surface area contributed by atoms with E-state index in [4.69, 9.17) is 0 Å². The van der Waals surface area contributed by atoms with Crippen LogP contribution in [0.1, 0.15) is 31.9 Å². The molecule has 1 N–H and O–H groups in total. The van der Waals surface area contributed by atoms with Crippen LogP contribution in [0.4, 0.5) is 5.69 Å². The van der Waals surface area contributed by atoms with Crippen molar-refractivity contribution in [2.45, 2.75) is 38.8 Å². The van der Waals surface area contributed by atoms with Crippen molar-refractivity contribution >= 4 is 16.6 Å². The fourth-order valence-corrected chi connectivity index (χ4v) is 2.66. The first kappa shape index (κ1) is 12.4. The van der Waals surface area contributed by atoms with Crippen molar-refractivity contribution in [3.63, 3.8) is 0 Å². The number of anilines is 1. The fraction of sp³-hybridized carbons (Fsp3) is 0.438. The predicted molar refractivity (Wildman–Crippen MR) is 78.3 cm³/mol. The molecule has 0 amide bonds. The second-order valence-electron chi connectivity index (χ2n) is 5.23. The lowest BCUT2D eigenvalue weighted by atomic mass is 10.1. The Morgan fingerprint density at radius 3 is 2.79 bits per heavy atom. The van der Waals surface area contributed by atoms with Crippen LogP contribution < -0.4 is 4.90 Å². The van der Waals surface area contributed by atoms with Gasteiger partial charge in [-0.1, -0.05) is 25.1 Å². The highest BCUT2D eigenvalue weighted by molar-refractivity contribution is 5.92. The van der Waals surface area contributed by atoms with Crippen LogP contribution in [-0.2, 0) is 6.61 Å². The van der Waals surface area contributed by atoms with Crippen molar-refractivity contribution in [1.82, 2.24) is 4.98 Å². The summed E-state index contributed by atoms with van der Waals surface area (Å²) in [5, 5.41) is 10.6. The first-order chi connectivity index (χ1) is 9.33. The predicted octanol–water partition coefficient (Wildman–Crippen LogP) is 3.11. The minimum atomic E-state index is 0.00245. The minimum Gasteiger partial charge on any atom is -0.390 e. The number of rotatable bonds is 5. The number of aromatic nitrogens is 1. The van der Waals surface area contributed by atoms with Crippen LogP contribution in [0.25, 0.3) is 10.9 Å². The summed E-state index contributed by atoms with van der Waals surface area (Å²) in [5.41, 5.74) is 2.97. The van der Waals surface area contributed by atoms with Crippen LogP contribution in [0.2, 0.25) is 0 Å². The molecular formula is C16H20N2O. The number of para-hydroxylation sites is 1. The highest BCUT2D eigenvalue weighted by Crippen LogP contribution is 2.35. The van der Waals surface area contributed by atoms with Gasteiger partial charge in [0.2, 0.25) is 0 Å². The molecule has 1 heterocycles. The van der Waals surface area contributed by atoms with E-state index in [2.05, 4.69) is 35.0 Å². The number of hydrogen-bond donors (Lipinski definition) is 1. The Labute approximate surface area is 113 Å². The maximum absolute atomic E-state index is 9.41. The molecule has 0 bridgehead atoms. The summed E-state index contributed by atoms with van der Waals surface area (Å²) in [5.74, 6) is 0. The lowest BCUT2D eigenvalue weighted by Gasteiger charge is -2.26. The Morgan fingerprint density at radius 2 is 2.11 bits per heavy atom. The monoisotopic (exact) mass is 256 g/mol. The molecule has 3 heteroatoms. The molecule has 1 saturated carbocycles. The van der Waals surface area contributed by atoms with Gasteiger partial charge in [0.1, 0.15) is 0 Å². The summed E-state index contributed by atoms with van der Waals surface area (Å²) in [6.07, 6.45) is 3.71. The maximum atomic E-state index is 9.41. The molecule has 1 fully saturated rings.